The van der Waals surface area contributed by atoms with E-state index in [9.17, 15) is 9.59 Å². The number of benzene rings is 3. The predicted octanol–water partition coefficient (Wildman–Crippen LogP) is 7.01. The molecule has 0 saturated heterocycles. The first-order valence-corrected chi connectivity index (χ1v) is 14.1. The molecule has 0 aliphatic rings. The highest BCUT2D eigenvalue weighted by Crippen LogP contribution is 2.27. The van der Waals surface area contributed by atoms with Gasteiger partial charge in [-0.1, -0.05) is 79.1 Å². The molecule has 0 spiro atoms. The van der Waals surface area contributed by atoms with E-state index in [1.807, 2.05) is 54.0 Å². The van der Waals surface area contributed by atoms with Gasteiger partial charge in [-0.15, -0.1) is 10.2 Å². The lowest BCUT2D eigenvalue weighted by Gasteiger charge is -2.21. The Bertz CT molecular complexity index is 1460. The van der Waals surface area contributed by atoms with Crippen molar-refractivity contribution < 1.29 is 9.59 Å². The number of nitrogens with one attached hydrogen (secondary N) is 2. The van der Waals surface area contributed by atoms with Crippen LogP contribution in [0.4, 0.5) is 5.69 Å². The molecule has 7 nitrogen and oxygen atoms in total. The van der Waals surface area contributed by atoms with E-state index in [-0.39, 0.29) is 34.5 Å². The van der Waals surface area contributed by atoms with E-state index in [0.29, 0.717) is 34.5 Å². The van der Waals surface area contributed by atoms with Crippen LogP contribution in [0.3, 0.4) is 0 Å². The average molecular weight is 571 g/mol. The van der Waals surface area contributed by atoms with Crippen molar-refractivity contribution in [3.05, 3.63) is 82.1 Å². The molecule has 0 unspecified atom stereocenters. The summed E-state index contributed by atoms with van der Waals surface area (Å²) in [6.07, 6.45) is 0.655. The molecule has 1 atom stereocenters. The number of hydrogen-bond acceptors (Lipinski definition) is 5. The first kappa shape index (κ1) is 28.0. The molecule has 1 heterocycles. The van der Waals surface area contributed by atoms with Crippen molar-refractivity contribution in [2.45, 2.75) is 44.9 Å². The molecule has 0 fully saturated rings. The molecule has 198 valence electrons. The van der Waals surface area contributed by atoms with E-state index in [1.165, 1.54) is 11.8 Å². The Morgan fingerprint density at radius 2 is 1.76 bits per heavy atom. The van der Waals surface area contributed by atoms with Crippen molar-refractivity contribution in [3.63, 3.8) is 0 Å². The van der Waals surface area contributed by atoms with Crippen LogP contribution in [-0.4, -0.2) is 32.3 Å². The van der Waals surface area contributed by atoms with Crippen LogP contribution in [0.5, 0.6) is 0 Å². The number of thioether (sulfide) groups is 1. The van der Waals surface area contributed by atoms with Gasteiger partial charge in [0.1, 0.15) is 0 Å². The normalized spacial score (nSPS) is 12.1. The molecule has 1 aromatic heterocycles. The third-order valence-corrected chi connectivity index (χ3v) is 7.44. The SMILES string of the molecule is CCn1c(SCC(=O)Nc2ccc3ccccc3c2)nnc1[C@H](CC(C)C)NC(=O)c1ccc(Cl)cc1Cl. The highest BCUT2D eigenvalue weighted by Gasteiger charge is 2.25. The molecule has 3 aromatic carbocycles. The Kier molecular flexibility index (Phi) is 9.31. The molecule has 4 rings (SSSR count). The molecule has 0 radical (unpaired) electrons. The Hall–Kier alpha value is -3.07. The van der Waals surface area contributed by atoms with Crippen LogP contribution in [0, 0.1) is 5.92 Å². The van der Waals surface area contributed by atoms with Gasteiger partial charge >= 0.3 is 0 Å². The summed E-state index contributed by atoms with van der Waals surface area (Å²) in [6.45, 7) is 6.72. The van der Waals surface area contributed by atoms with Crippen molar-refractivity contribution in [1.82, 2.24) is 20.1 Å². The van der Waals surface area contributed by atoms with Gasteiger partial charge in [-0.3, -0.25) is 9.59 Å². The summed E-state index contributed by atoms with van der Waals surface area (Å²) in [4.78, 5) is 25.8. The minimum Gasteiger partial charge on any atom is -0.342 e. The number of rotatable bonds is 10. The van der Waals surface area contributed by atoms with Crippen molar-refractivity contribution in [2.75, 3.05) is 11.1 Å². The molecule has 2 amide bonds. The first-order valence-electron chi connectivity index (χ1n) is 12.4. The number of amides is 2. The van der Waals surface area contributed by atoms with E-state index in [1.54, 1.807) is 18.2 Å². The fraction of sp³-hybridized carbons (Fsp3) is 0.286. The van der Waals surface area contributed by atoms with Crippen LogP contribution in [0.15, 0.2) is 65.8 Å². The minimum atomic E-state index is -0.387. The maximum atomic E-state index is 13.1. The van der Waals surface area contributed by atoms with Gasteiger partial charge in [-0.25, -0.2) is 0 Å². The van der Waals surface area contributed by atoms with Crippen LogP contribution in [0.25, 0.3) is 10.8 Å². The lowest BCUT2D eigenvalue weighted by molar-refractivity contribution is -0.113. The van der Waals surface area contributed by atoms with Gasteiger partial charge < -0.3 is 15.2 Å². The largest absolute Gasteiger partial charge is 0.342 e. The summed E-state index contributed by atoms with van der Waals surface area (Å²) in [5.41, 5.74) is 1.08. The second-order valence-electron chi connectivity index (χ2n) is 9.26. The molecule has 0 bridgehead atoms. The topological polar surface area (TPSA) is 88.9 Å². The number of fused-ring (bicyclic) bond motifs is 1. The second kappa shape index (κ2) is 12.7. The molecule has 0 saturated carbocycles. The van der Waals surface area contributed by atoms with Gasteiger partial charge in [0.05, 0.1) is 22.4 Å². The lowest BCUT2D eigenvalue weighted by atomic mass is 10.0. The predicted molar refractivity (Wildman–Crippen MR) is 155 cm³/mol. The van der Waals surface area contributed by atoms with Crippen LogP contribution in [0.1, 0.15) is 49.4 Å². The summed E-state index contributed by atoms with van der Waals surface area (Å²) in [5, 5.41) is 18.3. The molecule has 10 heteroatoms. The Balaban J connectivity index is 1.46. The van der Waals surface area contributed by atoms with E-state index in [0.717, 1.165) is 16.5 Å². The Labute approximate surface area is 236 Å². The lowest BCUT2D eigenvalue weighted by Crippen LogP contribution is -2.31. The number of carbonyl (C=O) groups excluding carboxylic acids is 2. The second-order valence-corrected chi connectivity index (χ2v) is 11.0. The third kappa shape index (κ3) is 6.87. The summed E-state index contributed by atoms with van der Waals surface area (Å²) < 4.78 is 1.94. The summed E-state index contributed by atoms with van der Waals surface area (Å²) >= 11 is 13.6. The van der Waals surface area contributed by atoms with Crippen LogP contribution in [-0.2, 0) is 11.3 Å². The molecule has 38 heavy (non-hydrogen) atoms. The fourth-order valence-electron chi connectivity index (χ4n) is 4.17. The highest BCUT2D eigenvalue weighted by molar-refractivity contribution is 7.99. The number of aromatic nitrogens is 3. The molecule has 0 aliphatic carbocycles. The summed E-state index contributed by atoms with van der Waals surface area (Å²) in [5.74, 6) is 0.643. The van der Waals surface area contributed by atoms with E-state index < -0.39 is 0 Å². The highest BCUT2D eigenvalue weighted by atomic mass is 35.5. The maximum Gasteiger partial charge on any atom is 0.253 e. The number of halogens is 2. The van der Waals surface area contributed by atoms with E-state index in [2.05, 4.69) is 34.7 Å². The summed E-state index contributed by atoms with van der Waals surface area (Å²) in [6, 6.07) is 18.2. The van der Waals surface area contributed by atoms with E-state index in [4.69, 9.17) is 23.2 Å². The third-order valence-electron chi connectivity index (χ3n) is 5.93. The number of nitrogens with zero attached hydrogens (tertiary/aromatic N) is 3. The number of hydrogen-bond donors (Lipinski definition) is 2. The number of carbonyl (C=O) groups is 2. The Morgan fingerprint density at radius 1 is 1.00 bits per heavy atom. The zero-order valence-corrected chi connectivity index (χ0v) is 23.7. The van der Waals surface area contributed by atoms with E-state index >= 15 is 0 Å². The van der Waals surface area contributed by atoms with Crippen molar-refractivity contribution in [1.29, 1.82) is 0 Å². The van der Waals surface area contributed by atoms with Crippen LogP contribution < -0.4 is 10.6 Å². The molecule has 2 N–H and O–H groups in total. The van der Waals surface area contributed by atoms with Crippen LogP contribution in [0.2, 0.25) is 10.0 Å². The zero-order valence-electron chi connectivity index (χ0n) is 21.4. The molecular formula is C28H29Cl2N5O2S. The van der Waals surface area contributed by atoms with Gasteiger partial charge in [0.2, 0.25) is 5.91 Å². The van der Waals surface area contributed by atoms with Gasteiger partial charge in [0, 0.05) is 17.3 Å². The van der Waals surface area contributed by atoms with Crippen molar-refractivity contribution in [2.24, 2.45) is 5.92 Å². The quantitative estimate of drug-likeness (QED) is 0.200. The van der Waals surface area contributed by atoms with Gasteiger partial charge in [-0.05, 0) is 60.4 Å². The van der Waals surface area contributed by atoms with Crippen molar-refractivity contribution in [3.8, 4) is 0 Å². The molecular weight excluding hydrogens is 541 g/mol. The van der Waals surface area contributed by atoms with Crippen molar-refractivity contribution >= 4 is 63.2 Å². The average Bonchev–Trinajstić information content (AvgIpc) is 3.29. The minimum absolute atomic E-state index is 0.137. The fourth-order valence-corrected chi connectivity index (χ4v) is 5.47. The monoisotopic (exact) mass is 569 g/mol. The van der Waals surface area contributed by atoms with Gasteiger partial charge in [0.25, 0.3) is 5.91 Å². The molecule has 4 aromatic rings. The standard InChI is InChI=1S/C28H29Cl2N5O2S/c1-4-35-26(24(13-17(2)3)32-27(37)22-12-10-20(29)15-23(22)30)33-34-28(35)38-16-25(36)31-21-11-9-18-7-5-6-8-19(18)14-21/h5-12,14-15,17,24H,4,13,16H2,1-3H3,(H,31,36)(H,32,37)/t24-/m0/s1. The van der Waals surface area contributed by atoms with Gasteiger partial charge in [0.15, 0.2) is 11.0 Å². The zero-order chi connectivity index (χ0) is 27.2. The Morgan fingerprint density at radius 3 is 2.47 bits per heavy atom. The number of anilines is 1. The van der Waals surface area contributed by atoms with Gasteiger partial charge in [-0.2, -0.15) is 0 Å². The first-order chi connectivity index (χ1) is 18.2. The van der Waals surface area contributed by atoms with Crippen LogP contribution >= 0.6 is 35.0 Å². The summed E-state index contributed by atoms with van der Waals surface area (Å²) in [7, 11) is 0. The smallest absolute Gasteiger partial charge is 0.253 e. The molecule has 0 aliphatic heterocycles. The maximum absolute atomic E-state index is 13.1.